The van der Waals surface area contributed by atoms with Crippen LogP contribution in [-0.4, -0.2) is 23.7 Å². The minimum atomic E-state index is -1.18. The molecule has 0 spiro atoms. The number of fused-ring (bicyclic) bond motifs is 2. The second-order valence-corrected chi connectivity index (χ2v) is 6.72. The van der Waals surface area contributed by atoms with Gasteiger partial charge in [0.15, 0.2) is 0 Å². The number of carbonyl (C=O) groups is 2. The summed E-state index contributed by atoms with van der Waals surface area (Å²) in [5.41, 5.74) is 14.0. The third kappa shape index (κ3) is 3.25. The van der Waals surface area contributed by atoms with Gasteiger partial charge in [0, 0.05) is 39.9 Å². The van der Waals surface area contributed by atoms with Crippen molar-refractivity contribution in [3.8, 4) is 22.5 Å². The van der Waals surface area contributed by atoms with E-state index >= 15 is 0 Å². The summed E-state index contributed by atoms with van der Waals surface area (Å²) < 4.78 is 5.94. The first-order valence-electron chi connectivity index (χ1n) is 9.05. The number of carboxylic acid groups (broad SMARTS) is 1. The minimum Gasteiger partial charge on any atom is -0.478 e. The average Bonchev–Trinajstić information content (AvgIpc) is 2.71. The summed E-state index contributed by atoms with van der Waals surface area (Å²) in [5, 5.41) is 21.1. The van der Waals surface area contributed by atoms with E-state index in [0.29, 0.717) is 39.1 Å². The number of aromatic carboxylic acids is 1. The van der Waals surface area contributed by atoms with Gasteiger partial charge in [0.25, 0.3) is 5.91 Å². The fourth-order valence-corrected chi connectivity index (χ4v) is 3.47. The normalized spacial score (nSPS) is 11.0. The van der Waals surface area contributed by atoms with Crippen LogP contribution in [0.15, 0.2) is 59.0 Å². The van der Waals surface area contributed by atoms with Crippen LogP contribution in [0, 0.1) is 5.41 Å². The highest BCUT2D eigenvalue weighted by molar-refractivity contribution is 6.09. The van der Waals surface area contributed by atoms with Gasteiger partial charge in [-0.25, -0.2) is 4.79 Å². The monoisotopic (exact) mass is 402 g/mol. The van der Waals surface area contributed by atoms with Crippen LogP contribution in [0.2, 0.25) is 0 Å². The quantitative estimate of drug-likeness (QED) is 0.201. The lowest BCUT2D eigenvalue weighted by Crippen LogP contribution is -2.29. The Kier molecular flexibility index (Phi) is 4.69. The number of benzene rings is 3. The van der Waals surface area contributed by atoms with E-state index in [1.54, 1.807) is 48.5 Å². The van der Waals surface area contributed by atoms with E-state index in [2.05, 4.69) is 5.32 Å². The van der Waals surface area contributed by atoms with E-state index in [1.165, 1.54) is 6.07 Å². The van der Waals surface area contributed by atoms with Crippen LogP contribution in [0.4, 0.5) is 5.69 Å². The Morgan fingerprint density at radius 2 is 1.80 bits per heavy atom. The molecule has 1 heterocycles. The maximum absolute atomic E-state index is 12.1. The molecule has 8 nitrogen and oxygen atoms in total. The summed E-state index contributed by atoms with van der Waals surface area (Å²) in [5.74, 6) is -1.21. The van der Waals surface area contributed by atoms with Gasteiger partial charge in [0.05, 0.1) is 17.6 Å². The summed E-state index contributed by atoms with van der Waals surface area (Å²) in [6.07, 6.45) is 0. The Morgan fingerprint density at radius 1 is 1.03 bits per heavy atom. The molecule has 2 aromatic carbocycles. The van der Waals surface area contributed by atoms with E-state index in [1.807, 2.05) is 0 Å². The third-order valence-corrected chi connectivity index (χ3v) is 4.79. The van der Waals surface area contributed by atoms with Gasteiger partial charge in [0.1, 0.15) is 11.3 Å². The molecule has 8 heteroatoms. The Balaban J connectivity index is 2.08. The molecule has 0 radical (unpaired) electrons. The standard InChI is InChI=1S/C22H18N4O4/c23-10-26-21(27)11-1-4-14(17(7-11)22(28)29)20-15-5-2-12(24)8-18(15)30-19-9-13(25)3-6-16(19)20/h1-9,24H,10,23,25H2,(H,26,27)(H,28,29). The molecule has 0 unspecified atom stereocenters. The summed E-state index contributed by atoms with van der Waals surface area (Å²) in [7, 11) is 0. The zero-order chi connectivity index (χ0) is 21.4. The van der Waals surface area contributed by atoms with Crippen molar-refractivity contribution < 1.29 is 19.1 Å². The second-order valence-electron chi connectivity index (χ2n) is 6.72. The molecule has 0 saturated heterocycles. The molecule has 7 N–H and O–H groups in total. The van der Waals surface area contributed by atoms with E-state index in [4.69, 9.17) is 21.3 Å². The molecule has 1 aliphatic heterocycles. The largest absolute Gasteiger partial charge is 0.478 e. The molecule has 0 aromatic heterocycles. The van der Waals surface area contributed by atoms with Gasteiger partial charge in [-0.05, 0) is 42.0 Å². The van der Waals surface area contributed by atoms with Gasteiger partial charge < -0.3 is 31.7 Å². The van der Waals surface area contributed by atoms with Crippen molar-refractivity contribution in [1.29, 1.82) is 5.41 Å². The number of nitrogen functional groups attached to an aromatic ring is 1. The third-order valence-electron chi connectivity index (χ3n) is 4.79. The molecular weight excluding hydrogens is 384 g/mol. The summed E-state index contributed by atoms with van der Waals surface area (Å²) in [6.45, 7) is -0.0602. The first kappa shape index (κ1) is 19.2. The highest BCUT2D eigenvalue weighted by atomic mass is 16.4. The van der Waals surface area contributed by atoms with Crippen LogP contribution in [0.1, 0.15) is 20.7 Å². The number of nitrogens with one attached hydrogen (secondary N) is 2. The predicted molar refractivity (Wildman–Crippen MR) is 112 cm³/mol. The van der Waals surface area contributed by atoms with E-state index in [0.717, 1.165) is 0 Å². The van der Waals surface area contributed by atoms with Gasteiger partial charge in [-0.1, -0.05) is 6.07 Å². The van der Waals surface area contributed by atoms with Gasteiger partial charge >= 0.3 is 5.97 Å². The summed E-state index contributed by atoms with van der Waals surface area (Å²) in [4.78, 5) is 24.2. The molecule has 30 heavy (non-hydrogen) atoms. The van der Waals surface area contributed by atoms with E-state index in [9.17, 15) is 14.7 Å². The number of anilines is 1. The number of nitrogens with two attached hydrogens (primary N) is 2. The highest BCUT2D eigenvalue weighted by Crippen LogP contribution is 2.41. The first-order valence-corrected chi connectivity index (χ1v) is 9.05. The fourth-order valence-electron chi connectivity index (χ4n) is 3.47. The van der Waals surface area contributed by atoms with E-state index < -0.39 is 11.9 Å². The van der Waals surface area contributed by atoms with Gasteiger partial charge in [-0.2, -0.15) is 0 Å². The molecule has 0 bridgehead atoms. The molecule has 0 atom stereocenters. The van der Waals surface area contributed by atoms with Crippen LogP contribution in [-0.2, 0) is 0 Å². The number of amides is 1. The lowest BCUT2D eigenvalue weighted by atomic mass is 9.89. The van der Waals surface area contributed by atoms with Crippen molar-refractivity contribution in [3.63, 3.8) is 0 Å². The van der Waals surface area contributed by atoms with Crippen LogP contribution < -0.4 is 22.1 Å². The molecule has 0 fully saturated rings. The number of rotatable bonds is 4. The molecule has 4 rings (SSSR count). The Morgan fingerprint density at radius 3 is 2.53 bits per heavy atom. The van der Waals surface area contributed by atoms with Crippen molar-refractivity contribution in [2.75, 3.05) is 12.4 Å². The van der Waals surface area contributed by atoms with Crippen molar-refractivity contribution >= 4 is 28.5 Å². The number of hydrogen-bond donors (Lipinski definition) is 5. The maximum atomic E-state index is 12.1. The Labute approximate surface area is 170 Å². The average molecular weight is 402 g/mol. The fraction of sp³-hybridized carbons (Fsp3) is 0.0455. The molecule has 150 valence electrons. The van der Waals surface area contributed by atoms with Crippen molar-refractivity contribution in [2.45, 2.75) is 0 Å². The maximum Gasteiger partial charge on any atom is 0.336 e. The molecule has 1 amide bonds. The van der Waals surface area contributed by atoms with E-state index in [-0.39, 0.29) is 23.2 Å². The Bertz CT molecular complexity index is 1340. The molecule has 2 aliphatic rings. The van der Waals surface area contributed by atoms with Gasteiger partial charge in [-0.3, -0.25) is 4.79 Å². The zero-order valence-electron chi connectivity index (χ0n) is 15.7. The zero-order valence-corrected chi connectivity index (χ0v) is 15.7. The smallest absolute Gasteiger partial charge is 0.336 e. The second kappa shape index (κ2) is 7.34. The SMILES string of the molecule is N=c1ccc2c(-c3ccc(C(=O)NCN)cc3C(=O)O)c3ccc(N)cc3oc-2c1. The highest BCUT2D eigenvalue weighted by Gasteiger charge is 2.22. The number of carboxylic acids is 1. The molecule has 1 aliphatic carbocycles. The summed E-state index contributed by atoms with van der Waals surface area (Å²) >= 11 is 0. The Hall–Kier alpha value is -4.17. The molecule has 0 saturated carbocycles. The predicted octanol–water partition coefficient (Wildman–Crippen LogP) is 2.61. The summed E-state index contributed by atoms with van der Waals surface area (Å²) in [6, 6.07) is 14.5. The molecule has 2 aromatic rings. The van der Waals surface area contributed by atoms with Crippen LogP contribution >= 0.6 is 0 Å². The lowest BCUT2D eigenvalue weighted by molar-refractivity contribution is 0.0697. The van der Waals surface area contributed by atoms with Crippen molar-refractivity contribution in [1.82, 2.24) is 5.32 Å². The van der Waals surface area contributed by atoms with Crippen molar-refractivity contribution in [2.24, 2.45) is 5.73 Å². The lowest BCUT2D eigenvalue weighted by Gasteiger charge is -2.17. The van der Waals surface area contributed by atoms with Crippen LogP contribution in [0.5, 0.6) is 0 Å². The van der Waals surface area contributed by atoms with Gasteiger partial charge in [-0.15, -0.1) is 0 Å². The number of hydrogen-bond acceptors (Lipinski definition) is 6. The van der Waals surface area contributed by atoms with Crippen LogP contribution in [0.3, 0.4) is 0 Å². The molecular formula is C22H18N4O4. The minimum absolute atomic E-state index is 0.0414. The van der Waals surface area contributed by atoms with Gasteiger partial charge in [0.2, 0.25) is 0 Å². The van der Waals surface area contributed by atoms with Crippen LogP contribution in [0.25, 0.3) is 33.4 Å². The first-order chi connectivity index (χ1) is 14.4. The van der Waals surface area contributed by atoms with Crippen molar-refractivity contribution in [3.05, 3.63) is 71.1 Å². The topological polar surface area (TPSA) is 155 Å². The number of carbonyl (C=O) groups excluding carboxylic acids is 1.